The number of esters is 6. The molecule has 2 unspecified atom stereocenters. The average molecular weight is 954 g/mol. The summed E-state index contributed by atoms with van der Waals surface area (Å²) in [7, 11) is 3.81. The lowest BCUT2D eigenvalue weighted by molar-refractivity contribution is -0.176. The van der Waals surface area contributed by atoms with Gasteiger partial charge >= 0.3 is 35.8 Å². The molecule has 0 aromatic rings. The molecule has 0 aromatic carbocycles. The van der Waals surface area contributed by atoms with E-state index in [0.717, 1.165) is 128 Å². The molecule has 0 aliphatic heterocycles. The van der Waals surface area contributed by atoms with Gasteiger partial charge in [-0.1, -0.05) is 170 Å². The van der Waals surface area contributed by atoms with Crippen molar-refractivity contribution in [2.24, 2.45) is 23.2 Å². The molecule has 13 heteroatoms. The second kappa shape index (κ2) is 42.8. The molecule has 0 radical (unpaired) electrons. The Kier molecular flexibility index (Phi) is 40.8. The number of hydrogen-bond donors (Lipinski definition) is 0. The third-order valence-corrected chi connectivity index (χ3v) is 12.3. The summed E-state index contributed by atoms with van der Waals surface area (Å²) in [5.74, 6) is -6.23. The normalized spacial score (nSPS) is 13.2. The molecular formula is C54H99NO12. The molecule has 0 heterocycles. The summed E-state index contributed by atoms with van der Waals surface area (Å²) >= 11 is 0. The van der Waals surface area contributed by atoms with Gasteiger partial charge in [-0.25, -0.2) is 0 Å². The third-order valence-electron chi connectivity index (χ3n) is 12.3. The number of unbranched alkanes of at least 4 members (excludes halogenated alkanes) is 16. The zero-order chi connectivity index (χ0) is 50.0. The number of carbonyl (C=O) groups is 6. The van der Waals surface area contributed by atoms with Gasteiger partial charge in [0, 0.05) is 12.8 Å². The van der Waals surface area contributed by atoms with E-state index >= 15 is 0 Å². The van der Waals surface area contributed by atoms with Crippen LogP contribution >= 0.6 is 0 Å². The van der Waals surface area contributed by atoms with E-state index in [1.807, 2.05) is 19.0 Å². The number of ether oxygens (including phenoxy) is 6. The summed E-state index contributed by atoms with van der Waals surface area (Å²) < 4.78 is 35.1. The Morgan fingerprint density at radius 2 is 0.731 bits per heavy atom. The van der Waals surface area contributed by atoms with Crippen molar-refractivity contribution >= 4 is 35.8 Å². The lowest BCUT2D eigenvalue weighted by atomic mass is 9.91. The van der Waals surface area contributed by atoms with Gasteiger partial charge in [-0.3, -0.25) is 28.8 Å². The fourth-order valence-electron chi connectivity index (χ4n) is 7.81. The maximum atomic E-state index is 14.1. The van der Waals surface area contributed by atoms with Gasteiger partial charge in [0.25, 0.3) is 0 Å². The van der Waals surface area contributed by atoms with Crippen LogP contribution in [-0.2, 0) is 57.2 Å². The minimum Gasteiger partial charge on any atom is -0.465 e. The molecule has 0 aliphatic rings. The smallest absolute Gasteiger partial charge is 0.320 e. The van der Waals surface area contributed by atoms with Gasteiger partial charge in [0.05, 0.1) is 13.2 Å². The molecule has 0 bridgehead atoms. The fourth-order valence-corrected chi connectivity index (χ4v) is 7.81. The average Bonchev–Trinajstić information content (AvgIpc) is 3.30. The highest BCUT2D eigenvalue weighted by atomic mass is 16.6. The molecule has 0 saturated carbocycles. The first-order chi connectivity index (χ1) is 32.3. The molecule has 0 saturated heterocycles. The van der Waals surface area contributed by atoms with Crippen molar-refractivity contribution in [2.45, 2.75) is 228 Å². The quantitative estimate of drug-likeness (QED) is 0.0246. The van der Waals surface area contributed by atoms with Crippen LogP contribution in [0.15, 0.2) is 0 Å². The Labute approximate surface area is 407 Å². The van der Waals surface area contributed by atoms with Gasteiger partial charge in [-0.15, -0.1) is 0 Å². The number of hydrogen-bond acceptors (Lipinski definition) is 13. The molecule has 0 N–H and O–H groups in total. The van der Waals surface area contributed by atoms with E-state index in [4.69, 9.17) is 28.4 Å². The molecule has 0 aromatic heterocycles. The van der Waals surface area contributed by atoms with Crippen LogP contribution < -0.4 is 0 Å². The minimum atomic E-state index is -1.58. The van der Waals surface area contributed by atoms with E-state index in [-0.39, 0.29) is 44.8 Å². The Balaban J connectivity index is 6.97. The predicted molar refractivity (Wildman–Crippen MR) is 265 cm³/mol. The van der Waals surface area contributed by atoms with E-state index in [1.54, 1.807) is 0 Å². The molecule has 2 atom stereocenters. The van der Waals surface area contributed by atoms with Crippen molar-refractivity contribution in [3.05, 3.63) is 0 Å². The van der Waals surface area contributed by atoms with Crippen LogP contribution in [-0.4, -0.2) is 101 Å². The largest absolute Gasteiger partial charge is 0.465 e. The minimum absolute atomic E-state index is 0.0959. The Hall–Kier alpha value is -3.22. The highest BCUT2D eigenvalue weighted by molar-refractivity contribution is 5.95. The van der Waals surface area contributed by atoms with Gasteiger partial charge < -0.3 is 33.3 Å². The number of nitrogens with zero attached hydrogens (tertiary/aromatic N) is 1. The summed E-state index contributed by atoms with van der Waals surface area (Å²) in [6.45, 7) is 11.8. The third kappa shape index (κ3) is 33.8. The highest BCUT2D eigenvalue weighted by Crippen LogP contribution is 2.27. The zero-order valence-electron chi connectivity index (χ0n) is 44.0. The standard InChI is InChI=1S/C54H99NO12/c1-9-15-21-27-34-46(50(58)62-38-29-23-17-11-3)52(60)66-43-54(41-64-48(56)36-31-37-55(7)8,42-65-49(57)40-45(32-25-19-13-5)33-26-20-14-6)44-67-53(61)47(35-28-22-16-10-2)51(59)63-39-30-24-18-12-4/h45-47H,9-44H2,1-8H3. The van der Waals surface area contributed by atoms with Crippen LogP contribution in [0.5, 0.6) is 0 Å². The lowest BCUT2D eigenvalue weighted by Crippen LogP contribution is -2.45. The topological polar surface area (TPSA) is 161 Å². The second-order valence-electron chi connectivity index (χ2n) is 19.3. The molecule has 0 aliphatic carbocycles. The van der Waals surface area contributed by atoms with Gasteiger partial charge in [-0.2, -0.15) is 0 Å². The number of carbonyl (C=O) groups excluding carboxylic acids is 6. The molecule has 0 rings (SSSR count). The fraction of sp³-hybridized carbons (Fsp3) is 0.889. The lowest BCUT2D eigenvalue weighted by Gasteiger charge is -2.32. The summed E-state index contributed by atoms with van der Waals surface area (Å²) in [6.07, 6.45) is 23.2. The summed E-state index contributed by atoms with van der Waals surface area (Å²) in [5, 5.41) is 0. The number of rotatable bonds is 46. The molecule has 0 fully saturated rings. The summed E-state index contributed by atoms with van der Waals surface area (Å²) in [4.78, 5) is 84.2. The monoisotopic (exact) mass is 954 g/mol. The van der Waals surface area contributed by atoms with Crippen LogP contribution in [0.4, 0.5) is 0 Å². The van der Waals surface area contributed by atoms with Gasteiger partial charge in [0.1, 0.15) is 31.8 Å². The van der Waals surface area contributed by atoms with Crippen LogP contribution in [0.2, 0.25) is 0 Å². The maximum absolute atomic E-state index is 14.1. The van der Waals surface area contributed by atoms with Crippen LogP contribution in [0.25, 0.3) is 0 Å². The SMILES string of the molecule is CCCCCCOC(=O)C(CCCCCC)C(=O)OCC(COC(=O)CCCN(C)C)(COC(=O)CC(CCCCC)CCCCC)COC(=O)C(CCCCCC)C(=O)OCCCCCC. The molecule has 0 amide bonds. The van der Waals surface area contributed by atoms with E-state index in [9.17, 15) is 28.8 Å². The Bertz CT molecular complexity index is 1220. The highest BCUT2D eigenvalue weighted by Gasteiger charge is 2.41. The van der Waals surface area contributed by atoms with E-state index in [0.29, 0.717) is 38.6 Å². The van der Waals surface area contributed by atoms with Gasteiger partial charge in [-0.05, 0) is 71.5 Å². The zero-order valence-corrected chi connectivity index (χ0v) is 44.0. The van der Waals surface area contributed by atoms with Crippen LogP contribution in [0.1, 0.15) is 228 Å². The first kappa shape index (κ1) is 63.8. The van der Waals surface area contributed by atoms with E-state index < -0.39 is 79.5 Å². The van der Waals surface area contributed by atoms with Crippen molar-refractivity contribution < 1.29 is 57.2 Å². The summed E-state index contributed by atoms with van der Waals surface area (Å²) in [5.41, 5.74) is -1.58. The second-order valence-corrected chi connectivity index (χ2v) is 19.3. The molecule has 392 valence electrons. The molecule has 13 nitrogen and oxygen atoms in total. The van der Waals surface area contributed by atoms with Crippen molar-refractivity contribution in [2.75, 3.05) is 60.3 Å². The maximum Gasteiger partial charge on any atom is 0.320 e. The first-order valence-corrected chi connectivity index (χ1v) is 27.0. The molecular weight excluding hydrogens is 855 g/mol. The van der Waals surface area contributed by atoms with Crippen molar-refractivity contribution in [1.29, 1.82) is 0 Å². The van der Waals surface area contributed by atoms with Crippen molar-refractivity contribution in [1.82, 2.24) is 4.90 Å². The van der Waals surface area contributed by atoms with E-state index in [2.05, 4.69) is 41.5 Å². The van der Waals surface area contributed by atoms with Crippen molar-refractivity contribution in [3.8, 4) is 0 Å². The van der Waals surface area contributed by atoms with E-state index in [1.165, 1.54) is 0 Å². The Morgan fingerprint density at radius 3 is 1.13 bits per heavy atom. The molecule has 67 heavy (non-hydrogen) atoms. The summed E-state index contributed by atoms with van der Waals surface area (Å²) in [6, 6.07) is 0. The molecule has 0 spiro atoms. The van der Waals surface area contributed by atoms with Crippen LogP contribution in [0, 0.1) is 23.2 Å². The first-order valence-electron chi connectivity index (χ1n) is 27.0. The predicted octanol–water partition coefficient (Wildman–Crippen LogP) is 12.1. The van der Waals surface area contributed by atoms with Crippen molar-refractivity contribution in [3.63, 3.8) is 0 Å². The van der Waals surface area contributed by atoms with Gasteiger partial charge in [0.2, 0.25) is 0 Å². The van der Waals surface area contributed by atoms with Gasteiger partial charge in [0.15, 0.2) is 11.8 Å². The van der Waals surface area contributed by atoms with Crippen LogP contribution in [0.3, 0.4) is 0 Å². The Morgan fingerprint density at radius 1 is 0.388 bits per heavy atom.